The monoisotopic (exact) mass is 619 g/mol. The molecule has 0 aliphatic heterocycles. The van der Waals surface area contributed by atoms with Crippen molar-refractivity contribution < 1.29 is 34.8 Å². The second-order valence-electron chi connectivity index (χ2n) is 10.4. The molecule has 6 rings (SSSR count). The Labute approximate surface area is 259 Å². The Morgan fingerprint density at radius 3 is 2.09 bits per heavy atom. The second-order valence-corrected chi connectivity index (χ2v) is 10.4. The highest BCUT2D eigenvalue weighted by Gasteiger charge is 2.18. The molecule has 0 amide bonds. The SMILES string of the molecule is CC(=O)n1c2ccc(N(N)/C=C(\N)c3ccc(C(=O)O)c(O)c3)cc2c2cc(-n3cc(-c4ccc(C(=O)O)c(O)c4)nn3)ccc21. The van der Waals surface area contributed by atoms with Crippen molar-refractivity contribution in [1.82, 2.24) is 19.6 Å². The maximum atomic E-state index is 12.7. The zero-order chi connectivity index (χ0) is 32.9. The lowest BCUT2D eigenvalue weighted by Gasteiger charge is -2.16. The summed E-state index contributed by atoms with van der Waals surface area (Å²) in [4.78, 5) is 35.2. The third-order valence-electron chi connectivity index (χ3n) is 7.47. The number of fused-ring (bicyclic) bond motifs is 3. The van der Waals surface area contributed by atoms with E-state index in [1.165, 1.54) is 59.2 Å². The number of nitrogens with zero attached hydrogens (tertiary/aromatic N) is 5. The molecule has 14 nitrogen and oxygen atoms in total. The summed E-state index contributed by atoms with van der Waals surface area (Å²) < 4.78 is 3.09. The molecule has 14 heteroatoms. The number of hydrogen-bond donors (Lipinski definition) is 6. The van der Waals surface area contributed by atoms with E-state index in [-0.39, 0.29) is 22.7 Å². The fraction of sp³-hybridized carbons (Fsp3) is 0.0312. The van der Waals surface area contributed by atoms with Crippen molar-refractivity contribution in [2.45, 2.75) is 6.92 Å². The number of aromatic carboxylic acids is 2. The fourth-order valence-electron chi connectivity index (χ4n) is 5.23. The molecule has 0 aliphatic rings. The van der Waals surface area contributed by atoms with E-state index in [0.717, 1.165) is 0 Å². The van der Waals surface area contributed by atoms with Crippen LogP contribution in [0.15, 0.2) is 85.2 Å². The van der Waals surface area contributed by atoms with Crippen molar-refractivity contribution in [3.05, 3.63) is 102 Å². The standard InChI is InChI=1S/C32H25N7O7/c1-16(40)39-27-8-4-19(37(34)14-25(33)17-2-6-21(31(43)44)29(41)10-17)12-23(27)24-13-20(5-9-28(24)39)38-15-26(35-36-38)18-3-7-22(32(45)46)30(42)11-18/h2-15,41-42H,33-34H2,1H3,(H,43,44)(H,45,46)/b25-14-. The molecule has 2 heterocycles. The average Bonchev–Trinajstić information content (AvgIpc) is 3.63. The lowest BCUT2D eigenvalue weighted by Crippen LogP contribution is -2.25. The molecule has 8 N–H and O–H groups in total. The lowest BCUT2D eigenvalue weighted by molar-refractivity contribution is 0.0682. The van der Waals surface area contributed by atoms with E-state index in [1.54, 1.807) is 41.1 Å². The van der Waals surface area contributed by atoms with Gasteiger partial charge in [0.1, 0.15) is 28.3 Å². The number of carboxylic acids is 2. The molecule has 0 bridgehead atoms. The van der Waals surface area contributed by atoms with E-state index in [1.807, 2.05) is 6.07 Å². The van der Waals surface area contributed by atoms with E-state index in [0.29, 0.717) is 50.0 Å². The van der Waals surface area contributed by atoms with Crippen molar-refractivity contribution in [3.8, 4) is 28.4 Å². The van der Waals surface area contributed by atoms with Crippen LogP contribution < -0.4 is 16.6 Å². The normalized spacial score (nSPS) is 11.7. The number of carboxylic acid groups (broad SMARTS) is 2. The molecule has 0 saturated heterocycles. The van der Waals surface area contributed by atoms with E-state index in [4.69, 9.17) is 16.7 Å². The average molecular weight is 620 g/mol. The van der Waals surface area contributed by atoms with Crippen LogP contribution in [0.1, 0.15) is 38.0 Å². The third kappa shape index (κ3) is 5.10. The predicted octanol–water partition coefficient (Wildman–Crippen LogP) is 4.15. The van der Waals surface area contributed by atoms with Crippen LogP contribution >= 0.6 is 0 Å². The van der Waals surface area contributed by atoms with Crippen molar-refractivity contribution in [2.75, 3.05) is 5.01 Å². The van der Waals surface area contributed by atoms with E-state index in [9.17, 15) is 29.7 Å². The van der Waals surface area contributed by atoms with Crippen LogP contribution in [0.2, 0.25) is 0 Å². The smallest absolute Gasteiger partial charge is 0.339 e. The van der Waals surface area contributed by atoms with Crippen molar-refractivity contribution in [1.29, 1.82) is 0 Å². The molecule has 6 aromatic rings. The number of aromatic nitrogens is 4. The molecular formula is C32H25N7O7. The number of carbonyl (C=O) groups is 3. The summed E-state index contributed by atoms with van der Waals surface area (Å²) in [6.07, 6.45) is 3.05. The van der Waals surface area contributed by atoms with Gasteiger partial charge in [-0.3, -0.25) is 14.4 Å². The van der Waals surface area contributed by atoms with Crippen LogP contribution in [0, 0.1) is 0 Å². The molecule has 0 aliphatic carbocycles. The molecular weight excluding hydrogens is 594 g/mol. The van der Waals surface area contributed by atoms with E-state index in [2.05, 4.69) is 10.3 Å². The Balaban J connectivity index is 1.39. The van der Waals surface area contributed by atoms with Crippen LogP contribution in [0.5, 0.6) is 11.5 Å². The summed E-state index contributed by atoms with van der Waals surface area (Å²) in [5, 5.41) is 49.6. The third-order valence-corrected chi connectivity index (χ3v) is 7.47. The molecule has 2 aromatic heterocycles. The van der Waals surface area contributed by atoms with Gasteiger partial charge in [-0.15, -0.1) is 5.10 Å². The molecule has 4 aromatic carbocycles. The van der Waals surface area contributed by atoms with Gasteiger partial charge in [-0.25, -0.2) is 20.1 Å². The second kappa shape index (κ2) is 11.1. The molecule has 230 valence electrons. The van der Waals surface area contributed by atoms with Crippen molar-refractivity contribution >= 4 is 51.0 Å². The number of phenols is 2. The minimum Gasteiger partial charge on any atom is -0.507 e. The lowest BCUT2D eigenvalue weighted by atomic mass is 10.1. The summed E-state index contributed by atoms with van der Waals surface area (Å²) in [5.41, 5.74) is 9.52. The fourth-order valence-corrected chi connectivity index (χ4v) is 5.23. The number of hydrogen-bond acceptors (Lipinski definition) is 10. The number of benzene rings is 4. The van der Waals surface area contributed by atoms with Crippen LogP contribution in [0.3, 0.4) is 0 Å². The molecule has 46 heavy (non-hydrogen) atoms. The zero-order valence-electron chi connectivity index (χ0n) is 24.0. The Hall–Kier alpha value is -6.67. The van der Waals surface area contributed by atoms with Gasteiger partial charge in [0.25, 0.3) is 0 Å². The van der Waals surface area contributed by atoms with Crippen LogP contribution in [-0.2, 0) is 0 Å². The largest absolute Gasteiger partial charge is 0.507 e. The van der Waals surface area contributed by atoms with Gasteiger partial charge in [0, 0.05) is 35.0 Å². The first-order valence-corrected chi connectivity index (χ1v) is 13.6. The topological polar surface area (TPSA) is 223 Å². The number of carbonyl (C=O) groups excluding carboxylic acids is 1. The maximum absolute atomic E-state index is 12.7. The highest BCUT2D eigenvalue weighted by molar-refractivity contribution is 6.14. The Kier molecular flexibility index (Phi) is 7.10. The maximum Gasteiger partial charge on any atom is 0.339 e. The summed E-state index contributed by atoms with van der Waals surface area (Å²) in [5.74, 6) is 2.78. The number of nitrogens with two attached hydrogens (primary N) is 2. The number of anilines is 1. The summed E-state index contributed by atoms with van der Waals surface area (Å²) in [7, 11) is 0. The number of aromatic hydroxyl groups is 2. The molecule has 0 radical (unpaired) electrons. The quantitative estimate of drug-likeness (QED) is 0.110. The van der Waals surface area contributed by atoms with E-state index >= 15 is 0 Å². The Morgan fingerprint density at radius 2 is 1.46 bits per heavy atom. The Morgan fingerprint density at radius 1 is 0.826 bits per heavy atom. The molecule has 0 saturated carbocycles. The minimum absolute atomic E-state index is 0.163. The summed E-state index contributed by atoms with van der Waals surface area (Å²) in [6.45, 7) is 1.46. The number of rotatable bonds is 7. The van der Waals surface area contributed by atoms with Crippen LogP contribution in [0.4, 0.5) is 5.69 Å². The van der Waals surface area contributed by atoms with Gasteiger partial charge in [-0.1, -0.05) is 17.3 Å². The molecule has 0 unspecified atom stereocenters. The predicted molar refractivity (Wildman–Crippen MR) is 169 cm³/mol. The van der Waals surface area contributed by atoms with Crippen molar-refractivity contribution in [2.24, 2.45) is 11.6 Å². The number of hydrazine groups is 1. The zero-order valence-corrected chi connectivity index (χ0v) is 24.0. The highest BCUT2D eigenvalue weighted by Crippen LogP contribution is 2.34. The van der Waals surface area contributed by atoms with Gasteiger partial charge in [0.05, 0.1) is 34.3 Å². The summed E-state index contributed by atoms with van der Waals surface area (Å²) in [6, 6.07) is 18.7. The highest BCUT2D eigenvalue weighted by atomic mass is 16.4. The first kappa shape index (κ1) is 29.4. The first-order valence-electron chi connectivity index (χ1n) is 13.6. The van der Waals surface area contributed by atoms with Gasteiger partial charge in [-0.05, 0) is 60.7 Å². The minimum atomic E-state index is -1.27. The molecule has 0 spiro atoms. The van der Waals surface area contributed by atoms with E-state index < -0.39 is 23.4 Å². The molecule has 0 fully saturated rings. The van der Waals surface area contributed by atoms with Crippen LogP contribution in [-0.4, -0.2) is 57.8 Å². The van der Waals surface area contributed by atoms with Gasteiger partial charge in [0.2, 0.25) is 5.91 Å². The van der Waals surface area contributed by atoms with Gasteiger partial charge in [-0.2, -0.15) is 0 Å². The first-order chi connectivity index (χ1) is 21.9. The Bertz CT molecular complexity index is 2270. The van der Waals surface area contributed by atoms with Crippen molar-refractivity contribution in [3.63, 3.8) is 0 Å². The van der Waals surface area contributed by atoms with Crippen LogP contribution in [0.25, 0.3) is 44.4 Å². The van der Waals surface area contributed by atoms with Gasteiger partial charge in [0.15, 0.2) is 0 Å². The van der Waals surface area contributed by atoms with Gasteiger partial charge >= 0.3 is 11.9 Å². The summed E-state index contributed by atoms with van der Waals surface area (Å²) >= 11 is 0. The van der Waals surface area contributed by atoms with Gasteiger partial charge < -0.3 is 26.2 Å². The molecule has 0 atom stereocenters.